The van der Waals surface area contributed by atoms with Crippen molar-refractivity contribution in [2.75, 3.05) is 5.73 Å². The molecule has 19 heavy (non-hydrogen) atoms. The van der Waals surface area contributed by atoms with E-state index in [1.54, 1.807) is 17.4 Å². The van der Waals surface area contributed by atoms with Gasteiger partial charge in [0.15, 0.2) is 0 Å². The van der Waals surface area contributed by atoms with Gasteiger partial charge in [-0.2, -0.15) is 0 Å². The normalized spacial score (nSPS) is 11.3. The molecule has 0 aliphatic heterocycles. The molecule has 0 saturated heterocycles. The van der Waals surface area contributed by atoms with Crippen LogP contribution in [0.4, 0.5) is 10.3 Å². The van der Waals surface area contributed by atoms with Crippen molar-refractivity contribution >= 4 is 39.9 Å². The highest BCUT2D eigenvalue weighted by Gasteiger charge is 2.13. The van der Waals surface area contributed by atoms with Crippen LogP contribution in [0.15, 0.2) is 23.6 Å². The van der Waals surface area contributed by atoms with Crippen molar-refractivity contribution in [1.29, 1.82) is 0 Å². The molecule has 3 nitrogen and oxygen atoms in total. The van der Waals surface area contributed by atoms with Gasteiger partial charge in [-0.25, -0.2) is 9.37 Å². The van der Waals surface area contributed by atoms with Crippen molar-refractivity contribution in [3.63, 3.8) is 0 Å². The lowest BCUT2D eigenvalue weighted by Gasteiger charge is -2.06. The summed E-state index contributed by atoms with van der Waals surface area (Å²) in [7, 11) is 0. The molecule has 0 atom stereocenters. The lowest BCUT2D eigenvalue weighted by Crippen LogP contribution is -2.04. The first kappa shape index (κ1) is 12.4. The minimum atomic E-state index is -0.480. The van der Waals surface area contributed by atoms with Crippen molar-refractivity contribution in [1.82, 2.24) is 9.55 Å². The zero-order chi connectivity index (χ0) is 13.6. The number of benzene rings is 1. The largest absolute Gasteiger partial charge is 0.369 e. The maximum atomic E-state index is 13.4. The first-order chi connectivity index (χ1) is 9.06. The van der Waals surface area contributed by atoms with Gasteiger partial charge in [0.2, 0.25) is 5.95 Å². The highest BCUT2D eigenvalue weighted by molar-refractivity contribution is 7.10. The minimum absolute atomic E-state index is 0.0801. The summed E-state index contributed by atoms with van der Waals surface area (Å²) >= 11 is 7.49. The Bertz CT molecular complexity index is 763. The molecule has 0 aliphatic rings. The fourth-order valence-electron chi connectivity index (χ4n) is 2.01. The van der Waals surface area contributed by atoms with Crippen LogP contribution in [0.5, 0.6) is 0 Å². The van der Waals surface area contributed by atoms with Gasteiger partial charge in [0.05, 0.1) is 22.6 Å². The topological polar surface area (TPSA) is 43.8 Å². The summed E-state index contributed by atoms with van der Waals surface area (Å²) in [5, 5.41) is 2.11. The highest BCUT2D eigenvalue weighted by Crippen LogP contribution is 2.27. The number of aryl methyl sites for hydroxylation is 1. The van der Waals surface area contributed by atoms with Crippen LogP contribution >= 0.6 is 22.9 Å². The van der Waals surface area contributed by atoms with Gasteiger partial charge < -0.3 is 10.3 Å². The van der Waals surface area contributed by atoms with Crippen LogP contribution in [0.2, 0.25) is 5.02 Å². The van der Waals surface area contributed by atoms with Crippen molar-refractivity contribution in [2.45, 2.75) is 13.5 Å². The molecule has 0 amide bonds. The average Bonchev–Trinajstić information content (AvgIpc) is 2.88. The Morgan fingerprint density at radius 3 is 2.95 bits per heavy atom. The summed E-state index contributed by atoms with van der Waals surface area (Å²) in [4.78, 5) is 5.37. The maximum Gasteiger partial charge on any atom is 0.201 e. The molecule has 3 rings (SSSR count). The van der Waals surface area contributed by atoms with Crippen LogP contribution in [-0.2, 0) is 6.54 Å². The molecule has 0 bridgehead atoms. The third-order valence-corrected chi connectivity index (χ3v) is 4.39. The molecule has 0 spiro atoms. The number of nitrogens with zero attached hydrogens (tertiary/aromatic N) is 2. The molecule has 0 fully saturated rings. The van der Waals surface area contributed by atoms with E-state index in [-0.39, 0.29) is 5.02 Å². The lowest BCUT2D eigenvalue weighted by molar-refractivity contribution is 0.629. The van der Waals surface area contributed by atoms with E-state index >= 15 is 0 Å². The van der Waals surface area contributed by atoms with Crippen LogP contribution < -0.4 is 5.73 Å². The molecule has 0 saturated carbocycles. The number of anilines is 1. The predicted molar refractivity (Wildman–Crippen MR) is 77.3 cm³/mol. The quantitative estimate of drug-likeness (QED) is 0.781. The summed E-state index contributed by atoms with van der Waals surface area (Å²) < 4.78 is 15.3. The van der Waals surface area contributed by atoms with Gasteiger partial charge in [0.1, 0.15) is 5.82 Å². The van der Waals surface area contributed by atoms with Crippen molar-refractivity contribution in [2.24, 2.45) is 0 Å². The number of imidazole rings is 1. The first-order valence-corrected chi connectivity index (χ1v) is 6.96. The van der Waals surface area contributed by atoms with E-state index in [1.807, 2.05) is 16.9 Å². The Morgan fingerprint density at radius 2 is 2.26 bits per heavy atom. The number of nitrogens with two attached hydrogens (primary N) is 1. The first-order valence-electron chi connectivity index (χ1n) is 5.70. The van der Waals surface area contributed by atoms with Gasteiger partial charge in [0, 0.05) is 10.9 Å². The number of nitrogen functional groups attached to an aromatic ring is 1. The van der Waals surface area contributed by atoms with Crippen molar-refractivity contribution in [3.05, 3.63) is 44.9 Å². The highest BCUT2D eigenvalue weighted by atomic mass is 35.5. The molecule has 98 valence electrons. The summed E-state index contributed by atoms with van der Waals surface area (Å²) in [5.41, 5.74) is 8.39. The summed E-state index contributed by atoms with van der Waals surface area (Å²) in [6.07, 6.45) is 0. The zero-order valence-electron chi connectivity index (χ0n) is 10.2. The molecule has 2 N–H and O–H groups in total. The fraction of sp³-hybridized carbons (Fsp3) is 0.154. The Kier molecular flexibility index (Phi) is 2.95. The van der Waals surface area contributed by atoms with Gasteiger partial charge >= 0.3 is 0 Å². The van der Waals surface area contributed by atoms with Gasteiger partial charge in [-0.15, -0.1) is 11.3 Å². The van der Waals surface area contributed by atoms with Crippen molar-refractivity contribution < 1.29 is 4.39 Å². The predicted octanol–water partition coefficient (Wildman–Crippen LogP) is 3.83. The van der Waals surface area contributed by atoms with E-state index < -0.39 is 5.82 Å². The van der Waals surface area contributed by atoms with Crippen LogP contribution in [0, 0.1) is 12.7 Å². The Hall–Kier alpha value is -1.59. The summed E-state index contributed by atoms with van der Waals surface area (Å²) in [6.45, 7) is 2.67. The van der Waals surface area contributed by atoms with E-state index in [0.717, 1.165) is 5.52 Å². The molecule has 2 heterocycles. The summed E-state index contributed by atoms with van der Waals surface area (Å²) in [5.74, 6) is -0.115. The van der Waals surface area contributed by atoms with Gasteiger partial charge in [-0.3, -0.25) is 0 Å². The molecular formula is C13H11ClFN3S. The lowest BCUT2D eigenvalue weighted by atomic mass is 10.2. The van der Waals surface area contributed by atoms with Crippen LogP contribution in [-0.4, -0.2) is 9.55 Å². The number of rotatable bonds is 2. The van der Waals surface area contributed by atoms with E-state index in [2.05, 4.69) is 11.1 Å². The van der Waals surface area contributed by atoms with E-state index in [1.165, 1.54) is 16.5 Å². The molecule has 0 aliphatic carbocycles. The second-order valence-corrected chi connectivity index (χ2v) is 5.75. The molecular weight excluding hydrogens is 285 g/mol. The number of hydrogen-bond donors (Lipinski definition) is 1. The molecule has 0 unspecified atom stereocenters. The number of halogens is 2. The molecule has 3 aromatic rings. The van der Waals surface area contributed by atoms with Gasteiger partial charge in [-0.05, 0) is 30.0 Å². The van der Waals surface area contributed by atoms with Crippen LogP contribution in [0.1, 0.15) is 10.4 Å². The Labute approximate surface area is 118 Å². The number of thiophene rings is 1. The Morgan fingerprint density at radius 1 is 1.47 bits per heavy atom. The van der Waals surface area contributed by atoms with Gasteiger partial charge in [0.25, 0.3) is 0 Å². The third-order valence-electron chi connectivity index (χ3n) is 3.09. The number of aromatic nitrogens is 2. The summed E-state index contributed by atoms with van der Waals surface area (Å²) in [6, 6.07) is 4.94. The minimum Gasteiger partial charge on any atom is -0.369 e. The third kappa shape index (κ3) is 2.09. The standard InChI is InChI=1S/C13H11ClFN3S/c1-7-2-3-19-12(7)6-18-11-4-8(14)9(15)5-10(11)17-13(18)16/h2-5H,6H2,1H3,(H2,16,17). The van der Waals surface area contributed by atoms with Gasteiger partial charge in [-0.1, -0.05) is 11.6 Å². The van der Waals surface area contributed by atoms with E-state index in [4.69, 9.17) is 17.3 Å². The van der Waals surface area contributed by atoms with E-state index in [9.17, 15) is 4.39 Å². The second-order valence-electron chi connectivity index (χ2n) is 4.34. The second kappa shape index (κ2) is 4.51. The van der Waals surface area contributed by atoms with Crippen LogP contribution in [0.3, 0.4) is 0 Å². The Balaban J connectivity index is 2.15. The van der Waals surface area contributed by atoms with E-state index in [0.29, 0.717) is 18.0 Å². The molecule has 1 aromatic carbocycles. The molecule has 2 aromatic heterocycles. The van der Waals surface area contributed by atoms with Crippen LogP contribution in [0.25, 0.3) is 11.0 Å². The smallest absolute Gasteiger partial charge is 0.201 e. The molecule has 0 radical (unpaired) electrons. The average molecular weight is 296 g/mol. The maximum absolute atomic E-state index is 13.4. The fourth-order valence-corrected chi connectivity index (χ4v) is 3.07. The number of hydrogen-bond acceptors (Lipinski definition) is 3. The van der Waals surface area contributed by atoms with Crippen molar-refractivity contribution in [3.8, 4) is 0 Å². The SMILES string of the molecule is Cc1ccsc1Cn1c(N)nc2cc(F)c(Cl)cc21. The monoisotopic (exact) mass is 295 g/mol. The molecule has 6 heteroatoms. The zero-order valence-corrected chi connectivity index (χ0v) is 11.7. The number of fused-ring (bicyclic) bond motifs is 1.